The van der Waals surface area contributed by atoms with Gasteiger partial charge in [-0.2, -0.15) is 5.26 Å². The molecule has 6 heteroatoms. The van der Waals surface area contributed by atoms with E-state index in [0.717, 1.165) is 6.07 Å². The largest absolute Gasteiger partial charge is 0.481 e. The molecule has 1 aromatic rings. The molecule has 80 valence electrons. The normalized spacial score (nSPS) is 10.1. The predicted octanol–water partition coefficient (Wildman–Crippen LogP) is 2.79. The Kier molecular flexibility index (Phi) is 3.97. The molecular weight excluding hydrogens is 270 g/mol. The van der Waals surface area contributed by atoms with Gasteiger partial charge in [-0.1, -0.05) is 15.9 Å². The summed E-state index contributed by atoms with van der Waals surface area (Å²) in [5.41, 5.74) is 0.173. The van der Waals surface area contributed by atoms with Crippen molar-refractivity contribution in [2.45, 2.75) is 11.8 Å². The van der Waals surface area contributed by atoms with Crippen molar-refractivity contribution in [2.75, 3.05) is 7.11 Å². The minimum Gasteiger partial charge on any atom is -0.481 e. The summed E-state index contributed by atoms with van der Waals surface area (Å²) in [6.07, 6.45) is -2.71. The molecule has 1 rings (SSSR count). The van der Waals surface area contributed by atoms with Crippen LogP contribution >= 0.6 is 15.9 Å². The summed E-state index contributed by atoms with van der Waals surface area (Å²) >= 11 is 3.14. The summed E-state index contributed by atoms with van der Waals surface area (Å²) in [5.74, 6) is 0.0567. The van der Waals surface area contributed by atoms with Crippen LogP contribution in [0, 0.1) is 11.3 Å². The van der Waals surface area contributed by atoms with Crippen LogP contribution in [-0.4, -0.2) is 12.1 Å². The Balaban J connectivity index is 3.37. The van der Waals surface area contributed by atoms with Crippen LogP contribution in [0.2, 0.25) is 0 Å². The molecule has 0 fully saturated rings. The first-order chi connectivity index (χ1) is 7.13. The Morgan fingerprint density at radius 2 is 2.33 bits per heavy atom. The highest BCUT2D eigenvalue weighted by atomic mass is 79.9. The van der Waals surface area contributed by atoms with Gasteiger partial charge in [0, 0.05) is 10.9 Å². The zero-order chi connectivity index (χ0) is 11.4. The van der Waals surface area contributed by atoms with Crippen LogP contribution in [-0.2, 0) is 5.33 Å². The lowest BCUT2D eigenvalue weighted by Gasteiger charge is -2.09. The molecule has 0 aliphatic carbocycles. The maximum absolute atomic E-state index is 12.4. The fourth-order valence-corrected chi connectivity index (χ4v) is 1.62. The van der Waals surface area contributed by atoms with Gasteiger partial charge < -0.3 is 4.74 Å². The summed E-state index contributed by atoms with van der Waals surface area (Å²) in [5, 5.41) is 9.11. The molecular formula is C9H7BrF2N2O. The molecule has 0 aromatic carbocycles. The van der Waals surface area contributed by atoms with Crippen LogP contribution in [0.5, 0.6) is 5.88 Å². The van der Waals surface area contributed by atoms with Crippen molar-refractivity contribution in [3.05, 3.63) is 22.9 Å². The van der Waals surface area contributed by atoms with Gasteiger partial charge in [0.15, 0.2) is 0 Å². The second-order valence-corrected chi connectivity index (χ2v) is 3.19. The minimum absolute atomic E-state index is 0.0567. The van der Waals surface area contributed by atoms with E-state index in [4.69, 9.17) is 10.00 Å². The Bertz CT molecular complexity index is 404. The van der Waals surface area contributed by atoms with Gasteiger partial charge in [-0.3, -0.25) is 0 Å². The molecule has 1 heterocycles. The molecule has 0 radical (unpaired) electrons. The Labute approximate surface area is 93.8 Å². The summed E-state index contributed by atoms with van der Waals surface area (Å²) in [4.78, 5) is 3.62. The van der Waals surface area contributed by atoms with E-state index < -0.39 is 12.1 Å². The Hall–Kier alpha value is -1.22. The van der Waals surface area contributed by atoms with Crippen LogP contribution in [0.25, 0.3) is 0 Å². The zero-order valence-corrected chi connectivity index (χ0v) is 9.38. The summed E-state index contributed by atoms with van der Waals surface area (Å²) in [7, 11) is 1.32. The average molecular weight is 277 g/mol. The predicted molar refractivity (Wildman–Crippen MR) is 53.1 cm³/mol. The maximum Gasteiger partial charge on any atom is 0.280 e. The quantitative estimate of drug-likeness (QED) is 0.798. The standard InChI is InChI=1S/C9H7BrF2N2O/c1-15-9-6(3-10)5(4-13)2-7(14-9)8(11)12/h2,8H,3H2,1H3. The van der Waals surface area contributed by atoms with E-state index in [-0.39, 0.29) is 11.4 Å². The van der Waals surface area contributed by atoms with E-state index in [2.05, 4.69) is 20.9 Å². The summed E-state index contributed by atoms with van der Waals surface area (Å²) < 4.78 is 29.6. The number of ether oxygens (including phenoxy) is 1. The molecule has 0 aliphatic rings. The fraction of sp³-hybridized carbons (Fsp3) is 0.333. The number of methoxy groups -OCH3 is 1. The third kappa shape index (κ3) is 2.42. The first-order valence-electron chi connectivity index (χ1n) is 3.96. The van der Waals surface area contributed by atoms with Crippen molar-refractivity contribution in [1.29, 1.82) is 5.26 Å². The minimum atomic E-state index is -2.71. The molecule has 0 N–H and O–H groups in total. The Morgan fingerprint density at radius 1 is 1.67 bits per heavy atom. The SMILES string of the molecule is COc1nc(C(F)F)cc(C#N)c1CBr. The van der Waals surface area contributed by atoms with Crippen molar-refractivity contribution < 1.29 is 13.5 Å². The lowest BCUT2D eigenvalue weighted by molar-refractivity contribution is 0.145. The van der Waals surface area contributed by atoms with E-state index in [1.807, 2.05) is 6.07 Å². The first kappa shape index (κ1) is 11.9. The number of alkyl halides is 3. The summed E-state index contributed by atoms with van der Waals surface area (Å²) in [6, 6.07) is 2.91. The van der Waals surface area contributed by atoms with Gasteiger partial charge in [-0.25, -0.2) is 13.8 Å². The highest BCUT2D eigenvalue weighted by molar-refractivity contribution is 9.08. The van der Waals surface area contributed by atoms with Gasteiger partial charge in [-0.05, 0) is 6.07 Å². The number of halogens is 3. The fourth-order valence-electron chi connectivity index (χ4n) is 1.08. The highest BCUT2D eigenvalue weighted by Gasteiger charge is 2.17. The van der Waals surface area contributed by atoms with Crippen molar-refractivity contribution in [3.8, 4) is 11.9 Å². The van der Waals surface area contributed by atoms with Gasteiger partial charge in [0.1, 0.15) is 5.69 Å². The molecule has 1 aromatic heterocycles. The van der Waals surface area contributed by atoms with Gasteiger partial charge in [0.25, 0.3) is 6.43 Å². The number of hydrogen-bond acceptors (Lipinski definition) is 3. The maximum atomic E-state index is 12.4. The molecule has 15 heavy (non-hydrogen) atoms. The zero-order valence-electron chi connectivity index (χ0n) is 7.80. The number of hydrogen-bond donors (Lipinski definition) is 0. The second-order valence-electron chi connectivity index (χ2n) is 2.63. The van der Waals surface area contributed by atoms with E-state index in [0.29, 0.717) is 10.9 Å². The molecule has 3 nitrogen and oxygen atoms in total. The monoisotopic (exact) mass is 276 g/mol. The van der Waals surface area contributed by atoms with Gasteiger partial charge in [-0.15, -0.1) is 0 Å². The molecule has 0 unspecified atom stereocenters. The van der Waals surface area contributed by atoms with Gasteiger partial charge in [0.05, 0.1) is 18.7 Å². The average Bonchev–Trinajstić information content (AvgIpc) is 2.26. The topological polar surface area (TPSA) is 45.9 Å². The van der Waals surface area contributed by atoms with Crippen LogP contribution in [0.4, 0.5) is 8.78 Å². The van der Waals surface area contributed by atoms with Crippen LogP contribution < -0.4 is 4.74 Å². The number of rotatable bonds is 3. The number of aromatic nitrogens is 1. The lowest BCUT2D eigenvalue weighted by atomic mass is 10.1. The second kappa shape index (κ2) is 5.03. The molecule has 0 saturated carbocycles. The molecule has 0 atom stereocenters. The third-order valence-electron chi connectivity index (χ3n) is 1.78. The molecule has 0 saturated heterocycles. The third-order valence-corrected chi connectivity index (χ3v) is 2.34. The lowest BCUT2D eigenvalue weighted by Crippen LogP contribution is -2.01. The molecule has 0 amide bonds. The smallest absolute Gasteiger partial charge is 0.280 e. The van der Waals surface area contributed by atoms with E-state index >= 15 is 0 Å². The van der Waals surface area contributed by atoms with Crippen molar-refractivity contribution in [3.63, 3.8) is 0 Å². The number of nitrogens with zero attached hydrogens (tertiary/aromatic N) is 2. The van der Waals surface area contributed by atoms with E-state index in [1.165, 1.54) is 7.11 Å². The summed E-state index contributed by atoms with van der Waals surface area (Å²) in [6.45, 7) is 0. The van der Waals surface area contributed by atoms with Crippen molar-refractivity contribution in [2.24, 2.45) is 0 Å². The van der Waals surface area contributed by atoms with E-state index in [9.17, 15) is 8.78 Å². The van der Waals surface area contributed by atoms with E-state index in [1.54, 1.807) is 0 Å². The first-order valence-corrected chi connectivity index (χ1v) is 5.08. The van der Waals surface area contributed by atoms with Crippen molar-refractivity contribution >= 4 is 15.9 Å². The molecule has 0 spiro atoms. The number of pyridine rings is 1. The number of nitriles is 1. The van der Waals surface area contributed by atoms with Crippen molar-refractivity contribution in [1.82, 2.24) is 4.98 Å². The van der Waals surface area contributed by atoms with Crippen LogP contribution in [0.15, 0.2) is 6.07 Å². The van der Waals surface area contributed by atoms with Crippen LogP contribution in [0.3, 0.4) is 0 Å². The molecule has 0 aliphatic heterocycles. The molecule has 0 bridgehead atoms. The van der Waals surface area contributed by atoms with Gasteiger partial charge in [0.2, 0.25) is 5.88 Å². The Morgan fingerprint density at radius 3 is 2.73 bits per heavy atom. The van der Waals surface area contributed by atoms with Crippen LogP contribution in [0.1, 0.15) is 23.2 Å². The highest BCUT2D eigenvalue weighted by Crippen LogP contribution is 2.27. The van der Waals surface area contributed by atoms with Gasteiger partial charge >= 0.3 is 0 Å².